The molecule has 0 spiro atoms. The Morgan fingerprint density at radius 3 is 1.40 bits per heavy atom. The summed E-state index contributed by atoms with van der Waals surface area (Å²) in [4.78, 5) is 8.89. The first-order valence-electron chi connectivity index (χ1n) is 1.61. The monoisotopic (exact) mass is 196 g/mol. The van der Waals surface area contributed by atoms with Crippen LogP contribution in [0.1, 0.15) is 6.92 Å². The van der Waals surface area contributed by atoms with Crippen molar-refractivity contribution in [3.05, 3.63) is 0 Å². The molecule has 0 fully saturated rings. The Kier molecular flexibility index (Phi) is 13.9. The predicted molar refractivity (Wildman–Crippen MR) is 24.9 cm³/mol. The number of carboxylic acid groups (broad SMARTS) is 1. The molecule has 0 aliphatic rings. The standard InChI is InChI=1S/C2H4O2.K.H2O4S/c1-2(3)4;;1-5(2,3)4/h1H3,(H,3,4);;(H2,1,2,3,4)/q;+1;/p-1. The average molecular weight is 196 g/mol. The number of hydrogen-bond acceptors (Lipinski definition) is 4. The average Bonchev–Trinajstić information content (AvgIpc) is 1.19. The Balaban J connectivity index is -0.0000000910. The van der Waals surface area contributed by atoms with E-state index in [1.165, 1.54) is 0 Å². The molecular weight excluding hydrogens is 191 g/mol. The first-order valence-corrected chi connectivity index (χ1v) is 3.00. The molecule has 0 radical (unpaired) electrons. The van der Waals surface area contributed by atoms with Crippen LogP contribution in [0.3, 0.4) is 0 Å². The molecule has 0 rings (SSSR count). The molecule has 0 aromatic heterocycles. The fraction of sp³-hybridized carbons (Fsp3) is 0.500. The van der Waals surface area contributed by atoms with Gasteiger partial charge < -0.3 is 9.90 Å². The number of aliphatic carboxylic acids is 1. The van der Waals surface area contributed by atoms with E-state index in [0.29, 0.717) is 0 Å². The molecule has 0 aromatic carbocycles. The minimum Gasteiger partial charge on any atom is -0.550 e. The number of carbonyl (C=O) groups is 1. The van der Waals surface area contributed by atoms with Gasteiger partial charge in [-0.2, -0.15) is 8.42 Å². The summed E-state index contributed by atoms with van der Waals surface area (Å²) >= 11 is 0. The molecule has 0 aromatic rings. The maximum Gasteiger partial charge on any atom is 1.00 e. The van der Waals surface area contributed by atoms with E-state index < -0.39 is 16.4 Å². The van der Waals surface area contributed by atoms with E-state index in [-0.39, 0.29) is 51.4 Å². The van der Waals surface area contributed by atoms with E-state index in [1.54, 1.807) is 0 Å². The second-order valence-corrected chi connectivity index (χ2v) is 1.84. The van der Waals surface area contributed by atoms with Crippen molar-refractivity contribution in [1.82, 2.24) is 0 Å². The van der Waals surface area contributed by atoms with Crippen molar-refractivity contribution in [3.63, 3.8) is 0 Å². The van der Waals surface area contributed by atoms with E-state index in [4.69, 9.17) is 27.4 Å². The van der Waals surface area contributed by atoms with Gasteiger partial charge in [-0.3, -0.25) is 9.11 Å². The summed E-state index contributed by atoms with van der Waals surface area (Å²) in [6, 6.07) is 0. The van der Waals surface area contributed by atoms with Gasteiger partial charge in [-0.25, -0.2) is 0 Å². The molecule has 0 heterocycles. The van der Waals surface area contributed by atoms with Crippen molar-refractivity contribution in [3.8, 4) is 0 Å². The third-order valence-corrected chi connectivity index (χ3v) is 0. The third kappa shape index (κ3) is 599. The Bertz CT molecular complexity index is 158. The van der Waals surface area contributed by atoms with Crippen molar-refractivity contribution in [2.75, 3.05) is 0 Å². The van der Waals surface area contributed by atoms with Gasteiger partial charge in [-0.15, -0.1) is 0 Å². The van der Waals surface area contributed by atoms with Crippen LogP contribution in [-0.2, 0) is 15.2 Å². The topological polar surface area (TPSA) is 115 Å². The number of carbonyl (C=O) groups excluding carboxylic acids is 1. The van der Waals surface area contributed by atoms with Gasteiger partial charge in [0.25, 0.3) is 0 Å². The summed E-state index contributed by atoms with van der Waals surface area (Å²) in [5.74, 6) is -1.08. The molecule has 0 aliphatic carbocycles. The maximum absolute atomic E-state index is 8.89. The second-order valence-electron chi connectivity index (χ2n) is 0.939. The van der Waals surface area contributed by atoms with E-state index in [1.807, 2.05) is 0 Å². The largest absolute Gasteiger partial charge is 1.00 e. The van der Waals surface area contributed by atoms with Crippen LogP contribution in [0.5, 0.6) is 0 Å². The molecule has 0 aliphatic heterocycles. The van der Waals surface area contributed by atoms with E-state index >= 15 is 0 Å². The molecule has 10 heavy (non-hydrogen) atoms. The van der Waals surface area contributed by atoms with Crippen LogP contribution < -0.4 is 56.5 Å². The summed E-state index contributed by atoms with van der Waals surface area (Å²) in [6.07, 6.45) is 0. The quantitative estimate of drug-likeness (QED) is 0.296. The number of carboxylic acids is 1. The van der Waals surface area contributed by atoms with E-state index in [9.17, 15) is 0 Å². The van der Waals surface area contributed by atoms with Gasteiger partial charge in [0.15, 0.2) is 0 Å². The number of rotatable bonds is 0. The smallest absolute Gasteiger partial charge is 0.550 e. The summed E-state index contributed by atoms with van der Waals surface area (Å²) in [6.45, 7) is 0.972. The molecule has 56 valence electrons. The van der Waals surface area contributed by atoms with Crippen LogP contribution in [0.25, 0.3) is 0 Å². The normalized spacial score (nSPS) is 8.30. The molecule has 0 bridgehead atoms. The van der Waals surface area contributed by atoms with Crippen LogP contribution >= 0.6 is 0 Å². The van der Waals surface area contributed by atoms with Gasteiger partial charge in [0, 0.05) is 5.97 Å². The fourth-order valence-corrected chi connectivity index (χ4v) is 0. The Labute approximate surface area is 101 Å². The molecule has 2 N–H and O–H groups in total. The van der Waals surface area contributed by atoms with Gasteiger partial charge in [0.05, 0.1) is 0 Å². The first kappa shape index (κ1) is 17.2. The van der Waals surface area contributed by atoms with Crippen LogP contribution in [0.15, 0.2) is 0 Å². The molecule has 0 saturated heterocycles. The van der Waals surface area contributed by atoms with Crippen molar-refractivity contribution in [1.29, 1.82) is 0 Å². The molecular formula is C2H5KO6S. The molecule has 0 unspecified atom stereocenters. The van der Waals surface area contributed by atoms with Gasteiger partial charge in [-0.05, 0) is 6.92 Å². The molecule has 8 heteroatoms. The summed E-state index contributed by atoms with van der Waals surface area (Å²) in [5, 5.41) is 8.89. The maximum atomic E-state index is 8.89. The van der Waals surface area contributed by atoms with Crippen LogP contribution in [0.2, 0.25) is 0 Å². The zero-order valence-electron chi connectivity index (χ0n) is 5.44. The predicted octanol–water partition coefficient (Wildman–Crippen LogP) is -4.89. The molecule has 6 nitrogen and oxygen atoms in total. The summed E-state index contributed by atoms with van der Waals surface area (Å²) < 4.78 is 31.6. The van der Waals surface area contributed by atoms with Crippen LogP contribution in [0.4, 0.5) is 0 Å². The van der Waals surface area contributed by atoms with E-state index in [2.05, 4.69) is 0 Å². The molecule has 0 amide bonds. The second kappa shape index (κ2) is 8.08. The van der Waals surface area contributed by atoms with Crippen molar-refractivity contribution < 1.29 is 78.8 Å². The SMILES string of the molecule is CC(=O)[O-].O=S(=O)(O)O.[K+]. The van der Waals surface area contributed by atoms with Crippen molar-refractivity contribution >= 4 is 16.4 Å². The Hall–Kier alpha value is 0.976. The Morgan fingerprint density at radius 1 is 1.40 bits per heavy atom. The Morgan fingerprint density at radius 2 is 1.40 bits per heavy atom. The minimum atomic E-state index is -4.67. The zero-order chi connectivity index (χ0) is 8.08. The summed E-state index contributed by atoms with van der Waals surface area (Å²) in [5.41, 5.74) is 0. The number of hydrogen-bond donors (Lipinski definition) is 2. The molecule has 0 atom stereocenters. The van der Waals surface area contributed by atoms with Crippen LogP contribution in [-0.4, -0.2) is 23.5 Å². The van der Waals surface area contributed by atoms with Gasteiger partial charge >= 0.3 is 61.8 Å². The zero-order valence-corrected chi connectivity index (χ0v) is 9.38. The van der Waals surface area contributed by atoms with Gasteiger partial charge in [0.2, 0.25) is 0 Å². The summed E-state index contributed by atoms with van der Waals surface area (Å²) in [7, 11) is -4.67. The van der Waals surface area contributed by atoms with Crippen LogP contribution in [0, 0.1) is 0 Å². The van der Waals surface area contributed by atoms with E-state index in [0.717, 1.165) is 6.92 Å². The minimum absolute atomic E-state index is 0. The van der Waals surface area contributed by atoms with Gasteiger partial charge in [-0.1, -0.05) is 0 Å². The third-order valence-electron chi connectivity index (χ3n) is 0. The first-order chi connectivity index (χ1) is 3.73. The van der Waals surface area contributed by atoms with Gasteiger partial charge in [0.1, 0.15) is 0 Å². The van der Waals surface area contributed by atoms with Crippen molar-refractivity contribution in [2.45, 2.75) is 6.92 Å². The fourth-order valence-electron chi connectivity index (χ4n) is 0. The van der Waals surface area contributed by atoms with Crippen molar-refractivity contribution in [2.24, 2.45) is 0 Å². The molecule has 0 saturated carbocycles.